The first-order valence-corrected chi connectivity index (χ1v) is 7.89. The molecular weight excluding hydrogens is 324 g/mol. The molecule has 0 unspecified atom stereocenters. The Bertz CT molecular complexity index is 815. The quantitative estimate of drug-likeness (QED) is 0.666. The van der Waals surface area contributed by atoms with Gasteiger partial charge in [-0.1, -0.05) is 35.9 Å². The van der Waals surface area contributed by atoms with Crippen molar-refractivity contribution in [2.24, 2.45) is 5.73 Å². The molecule has 0 aliphatic carbocycles. The van der Waals surface area contributed by atoms with Gasteiger partial charge in [-0.25, -0.2) is 4.98 Å². The summed E-state index contributed by atoms with van der Waals surface area (Å²) in [6, 6.07) is 14.5. The van der Waals surface area contributed by atoms with E-state index in [2.05, 4.69) is 15.3 Å². The van der Waals surface area contributed by atoms with E-state index >= 15 is 0 Å². The van der Waals surface area contributed by atoms with E-state index in [9.17, 15) is 4.79 Å². The second-order valence-corrected chi connectivity index (χ2v) is 5.90. The Kier molecular flexibility index (Phi) is 4.93. The lowest BCUT2D eigenvalue weighted by molar-refractivity contribution is -0.117. The highest BCUT2D eigenvalue weighted by Crippen LogP contribution is 2.24. The zero-order valence-corrected chi connectivity index (χ0v) is 13.6. The van der Waals surface area contributed by atoms with Crippen molar-refractivity contribution in [2.45, 2.75) is 12.5 Å². The smallest absolute Gasteiger partial charge is 0.241 e. The van der Waals surface area contributed by atoms with Crippen LogP contribution in [0.4, 0.5) is 5.69 Å². The largest absolute Gasteiger partial charge is 0.348 e. The van der Waals surface area contributed by atoms with Gasteiger partial charge in [-0.2, -0.15) is 0 Å². The fraction of sp³-hybridized carbons (Fsp3) is 0.111. The summed E-state index contributed by atoms with van der Waals surface area (Å²) in [7, 11) is 0. The molecule has 24 heavy (non-hydrogen) atoms. The third kappa shape index (κ3) is 4.01. The van der Waals surface area contributed by atoms with Gasteiger partial charge in [0.25, 0.3) is 0 Å². The average Bonchev–Trinajstić information content (AvgIpc) is 3.08. The lowest BCUT2D eigenvalue weighted by atomic mass is 10.1. The molecular formula is C18H17ClN4O. The number of carbonyl (C=O) groups excluding carboxylic acids is 1. The molecule has 2 aromatic carbocycles. The number of amides is 1. The van der Waals surface area contributed by atoms with Gasteiger partial charge in [-0.15, -0.1) is 0 Å². The second kappa shape index (κ2) is 7.29. The lowest BCUT2D eigenvalue weighted by Gasteiger charge is -2.12. The number of hydrogen-bond acceptors (Lipinski definition) is 3. The number of nitrogens with zero attached hydrogens (tertiary/aromatic N) is 1. The van der Waals surface area contributed by atoms with Crippen LogP contribution in [0.25, 0.3) is 11.1 Å². The summed E-state index contributed by atoms with van der Waals surface area (Å²) in [6.45, 7) is 0. The monoisotopic (exact) mass is 340 g/mol. The Balaban J connectivity index is 1.70. The summed E-state index contributed by atoms with van der Waals surface area (Å²) in [5, 5.41) is 3.54. The number of hydrogen-bond donors (Lipinski definition) is 3. The molecule has 0 fully saturated rings. The van der Waals surface area contributed by atoms with Crippen molar-refractivity contribution in [2.75, 3.05) is 5.32 Å². The van der Waals surface area contributed by atoms with E-state index in [0.717, 1.165) is 16.8 Å². The maximum absolute atomic E-state index is 12.2. The molecule has 3 aromatic rings. The van der Waals surface area contributed by atoms with Crippen LogP contribution in [-0.2, 0) is 11.2 Å². The van der Waals surface area contributed by atoms with Gasteiger partial charge < -0.3 is 16.0 Å². The van der Waals surface area contributed by atoms with Gasteiger partial charge in [0.1, 0.15) is 0 Å². The number of imidazole rings is 1. The average molecular weight is 341 g/mol. The third-order valence-electron chi connectivity index (χ3n) is 3.64. The Morgan fingerprint density at radius 3 is 2.71 bits per heavy atom. The number of benzene rings is 2. The fourth-order valence-electron chi connectivity index (χ4n) is 2.38. The van der Waals surface area contributed by atoms with E-state index in [0.29, 0.717) is 17.1 Å². The summed E-state index contributed by atoms with van der Waals surface area (Å²) in [5.74, 6) is -0.238. The van der Waals surface area contributed by atoms with Gasteiger partial charge in [-0.3, -0.25) is 4.79 Å². The molecule has 1 amide bonds. The molecule has 0 spiro atoms. The van der Waals surface area contributed by atoms with Crippen molar-refractivity contribution in [1.82, 2.24) is 9.97 Å². The van der Waals surface area contributed by atoms with Crippen LogP contribution in [0, 0.1) is 0 Å². The topological polar surface area (TPSA) is 83.8 Å². The van der Waals surface area contributed by atoms with Gasteiger partial charge in [0, 0.05) is 29.0 Å². The molecule has 0 saturated heterocycles. The minimum absolute atomic E-state index is 0.238. The maximum Gasteiger partial charge on any atom is 0.241 e. The number of aromatic nitrogens is 2. The summed E-state index contributed by atoms with van der Waals surface area (Å²) in [5.41, 5.74) is 9.49. The van der Waals surface area contributed by atoms with E-state index < -0.39 is 6.04 Å². The van der Waals surface area contributed by atoms with Crippen LogP contribution >= 0.6 is 11.6 Å². The van der Waals surface area contributed by atoms with E-state index in [1.54, 1.807) is 12.5 Å². The molecule has 1 aromatic heterocycles. The highest BCUT2D eigenvalue weighted by atomic mass is 35.5. The standard InChI is InChI=1S/C18H17ClN4O/c19-14-6-4-12(5-7-14)13-2-1-3-15(8-13)23-18(24)17(20)9-16-10-21-11-22-16/h1-8,10-11,17H,9,20H2,(H,21,22)(H,23,24)/t17-/m0/s1. The molecule has 0 saturated carbocycles. The van der Waals surface area contributed by atoms with Crippen LogP contribution < -0.4 is 11.1 Å². The minimum atomic E-state index is -0.648. The minimum Gasteiger partial charge on any atom is -0.348 e. The number of rotatable bonds is 5. The van der Waals surface area contributed by atoms with Crippen molar-refractivity contribution in [1.29, 1.82) is 0 Å². The van der Waals surface area contributed by atoms with Crippen molar-refractivity contribution in [3.63, 3.8) is 0 Å². The first-order chi connectivity index (χ1) is 11.6. The zero-order valence-electron chi connectivity index (χ0n) is 12.9. The molecule has 4 N–H and O–H groups in total. The van der Waals surface area contributed by atoms with Gasteiger partial charge >= 0.3 is 0 Å². The molecule has 1 atom stereocenters. The predicted octanol–water partition coefficient (Wildman–Crippen LogP) is 3.24. The number of carbonyl (C=O) groups is 1. The van der Waals surface area contributed by atoms with E-state index in [1.807, 2.05) is 48.5 Å². The number of nitrogens with one attached hydrogen (secondary N) is 2. The second-order valence-electron chi connectivity index (χ2n) is 5.46. The SMILES string of the molecule is N[C@@H](Cc1cnc[nH]1)C(=O)Nc1cccc(-c2ccc(Cl)cc2)c1. The molecule has 0 aliphatic rings. The van der Waals surface area contributed by atoms with E-state index in [-0.39, 0.29) is 5.91 Å². The molecule has 0 aliphatic heterocycles. The van der Waals surface area contributed by atoms with Crippen molar-refractivity contribution >= 4 is 23.2 Å². The van der Waals surface area contributed by atoms with Crippen molar-refractivity contribution in [3.8, 4) is 11.1 Å². The normalized spacial score (nSPS) is 11.9. The summed E-state index contributed by atoms with van der Waals surface area (Å²) >= 11 is 5.91. The van der Waals surface area contributed by atoms with Crippen LogP contribution in [0.1, 0.15) is 5.69 Å². The van der Waals surface area contributed by atoms with Crippen LogP contribution in [0.5, 0.6) is 0 Å². The highest BCUT2D eigenvalue weighted by Gasteiger charge is 2.15. The highest BCUT2D eigenvalue weighted by molar-refractivity contribution is 6.30. The third-order valence-corrected chi connectivity index (χ3v) is 3.89. The summed E-state index contributed by atoms with van der Waals surface area (Å²) in [6.07, 6.45) is 3.63. The first-order valence-electron chi connectivity index (χ1n) is 7.51. The zero-order chi connectivity index (χ0) is 16.9. The number of anilines is 1. The molecule has 122 valence electrons. The Morgan fingerprint density at radius 1 is 1.21 bits per heavy atom. The number of halogens is 1. The van der Waals surface area contributed by atoms with Crippen LogP contribution in [0.3, 0.4) is 0 Å². The predicted molar refractivity (Wildman–Crippen MR) is 95.8 cm³/mol. The number of aromatic amines is 1. The van der Waals surface area contributed by atoms with Gasteiger partial charge in [0.2, 0.25) is 5.91 Å². The summed E-state index contributed by atoms with van der Waals surface area (Å²) < 4.78 is 0. The van der Waals surface area contributed by atoms with E-state index in [4.69, 9.17) is 17.3 Å². The molecule has 6 heteroatoms. The first kappa shape index (κ1) is 16.2. The maximum atomic E-state index is 12.2. The number of H-pyrrole nitrogens is 1. The van der Waals surface area contributed by atoms with Crippen LogP contribution in [-0.4, -0.2) is 21.9 Å². The molecule has 0 radical (unpaired) electrons. The number of nitrogens with two attached hydrogens (primary N) is 1. The summed E-state index contributed by atoms with van der Waals surface area (Å²) in [4.78, 5) is 19.1. The molecule has 3 rings (SSSR count). The van der Waals surface area contributed by atoms with Crippen LogP contribution in [0.15, 0.2) is 61.1 Å². The van der Waals surface area contributed by atoms with Gasteiger partial charge in [0.05, 0.1) is 12.4 Å². The van der Waals surface area contributed by atoms with Crippen molar-refractivity contribution in [3.05, 3.63) is 71.8 Å². The van der Waals surface area contributed by atoms with Gasteiger partial charge in [-0.05, 0) is 35.4 Å². The Hall–Kier alpha value is -2.63. The molecule has 5 nitrogen and oxygen atoms in total. The fourth-order valence-corrected chi connectivity index (χ4v) is 2.51. The van der Waals surface area contributed by atoms with Gasteiger partial charge in [0.15, 0.2) is 0 Å². The Morgan fingerprint density at radius 2 is 2.00 bits per heavy atom. The van der Waals surface area contributed by atoms with E-state index in [1.165, 1.54) is 0 Å². The molecule has 0 bridgehead atoms. The molecule has 1 heterocycles. The Labute approximate surface area is 144 Å². The lowest BCUT2D eigenvalue weighted by Crippen LogP contribution is -2.37. The van der Waals surface area contributed by atoms with Crippen molar-refractivity contribution < 1.29 is 4.79 Å². The van der Waals surface area contributed by atoms with Crippen LogP contribution in [0.2, 0.25) is 5.02 Å².